The van der Waals surface area contributed by atoms with Crippen LogP contribution in [-0.4, -0.2) is 13.2 Å². The number of methoxy groups -OCH3 is 1. The Kier molecular flexibility index (Phi) is 5.47. The number of ether oxygens (including phenoxy) is 1. The van der Waals surface area contributed by atoms with Gasteiger partial charge in [-0.2, -0.15) is 0 Å². The van der Waals surface area contributed by atoms with Gasteiger partial charge in [0.1, 0.15) is 5.75 Å². The second kappa shape index (κ2) is 6.41. The zero-order valence-corrected chi connectivity index (χ0v) is 12.6. The second-order valence-electron chi connectivity index (χ2n) is 4.93. The average molecular weight is 300 g/mol. The van der Waals surface area contributed by atoms with E-state index in [1.54, 1.807) is 7.11 Å². The van der Waals surface area contributed by atoms with E-state index in [1.807, 2.05) is 12.1 Å². The van der Waals surface area contributed by atoms with Crippen molar-refractivity contribution in [3.05, 3.63) is 28.2 Å². The Morgan fingerprint density at radius 2 is 1.94 bits per heavy atom. The monoisotopic (exact) mass is 299 g/mol. The molecule has 0 radical (unpaired) electrons. The van der Waals surface area contributed by atoms with Crippen molar-refractivity contribution in [3.8, 4) is 5.75 Å². The van der Waals surface area contributed by atoms with Gasteiger partial charge < -0.3 is 10.5 Å². The Morgan fingerprint density at radius 1 is 1.29 bits per heavy atom. The lowest BCUT2D eigenvalue weighted by atomic mass is 9.84. The molecule has 3 heteroatoms. The predicted octanol–water partition coefficient (Wildman–Crippen LogP) is 3.62. The molecule has 0 bridgehead atoms. The minimum Gasteiger partial charge on any atom is -0.496 e. The maximum atomic E-state index is 6.06. The molecule has 0 aliphatic carbocycles. The minimum atomic E-state index is 0.193. The highest BCUT2D eigenvalue weighted by Gasteiger charge is 2.20. The van der Waals surface area contributed by atoms with E-state index in [1.165, 1.54) is 5.56 Å². The summed E-state index contributed by atoms with van der Waals surface area (Å²) in [6, 6.07) is 6.31. The molecule has 0 heterocycles. The first kappa shape index (κ1) is 14.5. The second-order valence-corrected chi connectivity index (χ2v) is 5.84. The van der Waals surface area contributed by atoms with Crippen LogP contribution in [0.4, 0.5) is 0 Å². The van der Waals surface area contributed by atoms with E-state index in [0.717, 1.165) is 16.6 Å². The molecule has 0 aliphatic rings. The SMILES string of the molecule is COc1ccc(Br)cc1CC(C(C)C)C(C)N. The van der Waals surface area contributed by atoms with E-state index in [2.05, 4.69) is 42.8 Å². The molecule has 0 aliphatic heterocycles. The third-order valence-electron chi connectivity index (χ3n) is 3.23. The molecular weight excluding hydrogens is 278 g/mol. The van der Waals surface area contributed by atoms with Gasteiger partial charge in [-0.05, 0) is 48.9 Å². The van der Waals surface area contributed by atoms with Gasteiger partial charge >= 0.3 is 0 Å². The van der Waals surface area contributed by atoms with Crippen molar-refractivity contribution in [2.45, 2.75) is 33.2 Å². The Morgan fingerprint density at radius 3 is 2.41 bits per heavy atom. The Labute approximate surface area is 113 Å². The van der Waals surface area contributed by atoms with Gasteiger partial charge in [0.05, 0.1) is 7.11 Å². The van der Waals surface area contributed by atoms with Crippen molar-refractivity contribution < 1.29 is 4.74 Å². The lowest BCUT2D eigenvalue weighted by Crippen LogP contribution is -2.32. The van der Waals surface area contributed by atoms with Crippen LogP contribution in [0.5, 0.6) is 5.75 Å². The van der Waals surface area contributed by atoms with Gasteiger partial charge in [0.15, 0.2) is 0 Å². The van der Waals surface area contributed by atoms with Crippen LogP contribution in [0.3, 0.4) is 0 Å². The van der Waals surface area contributed by atoms with Gasteiger partial charge in [-0.15, -0.1) is 0 Å². The highest BCUT2D eigenvalue weighted by molar-refractivity contribution is 9.10. The Balaban J connectivity index is 2.95. The van der Waals surface area contributed by atoms with E-state index in [4.69, 9.17) is 10.5 Å². The smallest absolute Gasteiger partial charge is 0.122 e. The molecule has 0 aromatic heterocycles. The molecule has 2 N–H and O–H groups in total. The highest BCUT2D eigenvalue weighted by Crippen LogP contribution is 2.28. The van der Waals surface area contributed by atoms with Crippen LogP contribution >= 0.6 is 15.9 Å². The summed E-state index contributed by atoms with van der Waals surface area (Å²) in [6.07, 6.45) is 0.956. The third-order valence-corrected chi connectivity index (χ3v) is 3.72. The van der Waals surface area contributed by atoms with Crippen molar-refractivity contribution >= 4 is 15.9 Å². The summed E-state index contributed by atoms with van der Waals surface area (Å²) < 4.78 is 6.48. The molecule has 1 aromatic carbocycles. The molecule has 96 valence electrons. The first-order chi connectivity index (χ1) is 7.95. The van der Waals surface area contributed by atoms with Crippen LogP contribution in [0.1, 0.15) is 26.3 Å². The molecule has 2 nitrogen and oxygen atoms in total. The molecule has 2 unspecified atom stereocenters. The maximum Gasteiger partial charge on any atom is 0.122 e. The molecule has 0 spiro atoms. The number of halogens is 1. The van der Waals surface area contributed by atoms with E-state index in [-0.39, 0.29) is 6.04 Å². The first-order valence-corrected chi connectivity index (χ1v) is 6.83. The largest absolute Gasteiger partial charge is 0.496 e. The van der Waals surface area contributed by atoms with Crippen LogP contribution in [0, 0.1) is 11.8 Å². The van der Waals surface area contributed by atoms with E-state index < -0.39 is 0 Å². The maximum absolute atomic E-state index is 6.06. The quantitative estimate of drug-likeness (QED) is 0.901. The van der Waals surface area contributed by atoms with Gasteiger partial charge in [-0.3, -0.25) is 0 Å². The zero-order chi connectivity index (χ0) is 13.0. The molecule has 0 fully saturated rings. The molecule has 0 saturated carbocycles. The van der Waals surface area contributed by atoms with Gasteiger partial charge in [0.25, 0.3) is 0 Å². The minimum absolute atomic E-state index is 0.193. The van der Waals surface area contributed by atoms with Crippen LogP contribution in [0.15, 0.2) is 22.7 Å². The summed E-state index contributed by atoms with van der Waals surface area (Å²) in [5.74, 6) is 1.98. The van der Waals surface area contributed by atoms with Crippen molar-refractivity contribution in [2.24, 2.45) is 17.6 Å². The Hall–Kier alpha value is -0.540. The van der Waals surface area contributed by atoms with Crippen LogP contribution < -0.4 is 10.5 Å². The lowest BCUT2D eigenvalue weighted by molar-refractivity contribution is 0.323. The number of nitrogens with two attached hydrogens (primary N) is 1. The number of rotatable bonds is 5. The van der Waals surface area contributed by atoms with Crippen molar-refractivity contribution in [2.75, 3.05) is 7.11 Å². The topological polar surface area (TPSA) is 35.2 Å². The molecular formula is C14H22BrNO. The summed E-state index contributed by atoms with van der Waals surface area (Å²) >= 11 is 3.50. The molecule has 17 heavy (non-hydrogen) atoms. The molecule has 0 amide bonds. The lowest BCUT2D eigenvalue weighted by Gasteiger charge is -2.25. The van der Waals surface area contributed by atoms with Crippen LogP contribution in [0.25, 0.3) is 0 Å². The van der Waals surface area contributed by atoms with E-state index >= 15 is 0 Å². The van der Waals surface area contributed by atoms with E-state index in [0.29, 0.717) is 11.8 Å². The van der Waals surface area contributed by atoms with Gasteiger partial charge in [0, 0.05) is 10.5 Å². The number of benzene rings is 1. The highest BCUT2D eigenvalue weighted by atomic mass is 79.9. The third kappa shape index (κ3) is 4.00. The van der Waals surface area contributed by atoms with Crippen LogP contribution in [-0.2, 0) is 6.42 Å². The molecule has 1 rings (SSSR count). The summed E-state index contributed by atoms with van der Waals surface area (Å²) in [7, 11) is 1.71. The summed E-state index contributed by atoms with van der Waals surface area (Å²) in [4.78, 5) is 0. The van der Waals surface area contributed by atoms with Gasteiger partial charge in [0.2, 0.25) is 0 Å². The van der Waals surface area contributed by atoms with Gasteiger partial charge in [-0.25, -0.2) is 0 Å². The fourth-order valence-corrected chi connectivity index (χ4v) is 2.60. The number of hydrogen-bond acceptors (Lipinski definition) is 2. The normalized spacial score (nSPS) is 14.8. The standard InChI is InChI=1S/C14H22BrNO/c1-9(2)13(10(3)16)8-11-7-12(15)5-6-14(11)17-4/h5-7,9-10,13H,8,16H2,1-4H3. The van der Waals surface area contributed by atoms with E-state index in [9.17, 15) is 0 Å². The number of hydrogen-bond donors (Lipinski definition) is 1. The molecule has 0 saturated heterocycles. The van der Waals surface area contributed by atoms with Crippen molar-refractivity contribution in [1.29, 1.82) is 0 Å². The zero-order valence-electron chi connectivity index (χ0n) is 11.0. The van der Waals surface area contributed by atoms with Crippen molar-refractivity contribution in [1.82, 2.24) is 0 Å². The van der Waals surface area contributed by atoms with Gasteiger partial charge in [-0.1, -0.05) is 29.8 Å². The predicted molar refractivity (Wildman–Crippen MR) is 76.4 cm³/mol. The fourth-order valence-electron chi connectivity index (χ4n) is 2.19. The van der Waals surface area contributed by atoms with Crippen molar-refractivity contribution in [3.63, 3.8) is 0 Å². The average Bonchev–Trinajstić information content (AvgIpc) is 2.25. The molecule has 2 atom stereocenters. The van der Waals surface area contributed by atoms with Crippen LogP contribution in [0.2, 0.25) is 0 Å². The summed E-state index contributed by atoms with van der Waals surface area (Å²) in [5, 5.41) is 0. The fraction of sp³-hybridized carbons (Fsp3) is 0.571. The summed E-state index contributed by atoms with van der Waals surface area (Å²) in [5.41, 5.74) is 7.28. The molecule has 1 aromatic rings. The summed E-state index contributed by atoms with van der Waals surface area (Å²) in [6.45, 7) is 6.52. The Bertz CT molecular complexity index is 355. The first-order valence-electron chi connectivity index (χ1n) is 6.03.